The summed E-state index contributed by atoms with van der Waals surface area (Å²) in [5, 5.41) is 0. The van der Waals surface area contributed by atoms with Crippen molar-refractivity contribution in [2.45, 2.75) is 26.7 Å². The Morgan fingerprint density at radius 2 is 1.89 bits per heavy atom. The number of hydrogen-bond donors (Lipinski definition) is 0. The molecule has 0 saturated heterocycles. The summed E-state index contributed by atoms with van der Waals surface area (Å²) >= 11 is 3.37. The van der Waals surface area contributed by atoms with E-state index in [-0.39, 0.29) is 5.78 Å². The van der Waals surface area contributed by atoms with Gasteiger partial charge >= 0.3 is 0 Å². The Morgan fingerprint density at radius 3 is 2.44 bits per heavy atom. The highest BCUT2D eigenvalue weighted by Gasteiger charge is 2.07. The molecule has 0 atom stereocenters. The van der Waals surface area contributed by atoms with Gasteiger partial charge in [-0.1, -0.05) is 41.9 Å². The lowest BCUT2D eigenvalue weighted by Gasteiger charge is -2.18. The molecule has 1 aromatic rings. The molecule has 100 valence electrons. The molecule has 2 nitrogen and oxygen atoms in total. The summed E-state index contributed by atoms with van der Waals surface area (Å²) in [4.78, 5) is 14.2. The van der Waals surface area contributed by atoms with Gasteiger partial charge in [-0.3, -0.25) is 4.79 Å². The Kier molecular flexibility index (Phi) is 6.58. The van der Waals surface area contributed by atoms with Gasteiger partial charge in [0.15, 0.2) is 5.78 Å². The highest BCUT2D eigenvalue weighted by atomic mass is 79.9. The Hall–Kier alpha value is -0.670. The van der Waals surface area contributed by atoms with E-state index in [1.807, 2.05) is 24.3 Å². The molecular weight excluding hydrogens is 290 g/mol. The van der Waals surface area contributed by atoms with Gasteiger partial charge in [-0.15, -0.1) is 0 Å². The fourth-order valence-corrected chi connectivity index (χ4v) is 2.27. The van der Waals surface area contributed by atoms with Crippen molar-refractivity contribution in [2.75, 3.05) is 20.1 Å². The van der Waals surface area contributed by atoms with Crippen LogP contribution >= 0.6 is 15.9 Å². The van der Waals surface area contributed by atoms with Crippen LogP contribution in [0.3, 0.4) is 0 Å². The largest absolute Gasteiger partial charge is 0.306 e. The molecule has 0 amide bonds. The highest BCUT2D eigenvalue weighted by Crippen LogP contribution is 2.12. The van der Waals surface area contributed by atoms with E-state index >= 15 is 0 Å². The second-order valence-corrected chi connectivity index (χ2v) is 6.11. The van der Waals surface area contributed by atoms with E-state index in [0.29, 0.717) is 12.3 Å². The Morgan fingerprint density at radius 1 is 1.28 bits per heavy atom. The normalized spacial score (nSPS) is 11.2. The highest BCUT2D eigenvalue weighted by molar-refractivity contribution is 9.10. The summed E-state index contributed by atoms with van der Waals surface area (Å²) in [5.74, 6) is 0.914. The summed E-state index contributed by atoms with van der Waals surface area (Å²) in [6, 6.07) is 7.59. The molecule has 0 fully saturated rings. The third kappa shape index (κ3) is 5.78. The second kappa shape index (κ2) is 7.70. The average Bonchev–Trinajstić information content (AvgIpc) is 2.28. The summed E-state index contributed by atoms with van der Waals surface area (Å²) in [5.41, 5.74) is 0.810. The van der Waals surface area contributed by atoms with Gasteiger partial charge in [0.25, 0.3) is 0 Å². The van der Waals surface area contributed by atoms with E-state index < -0.39 is 0 Å². The first-order chi connectivity index (χ1) is 8.49. The summed E-state index contributed by atoms with van der Waals surface area (Å²) in [7, 11) is 2.12. The van der Waals surface area contributed by atoms with Crippen molar-refractivity contribution < 1.29 is 4.79 Å². The molecule has 0 aromatic heterocycles. The number of nitrogens with zero attached hydrogens (tertiary/aromatic N) is 1. The van der Waals surface area contributed by atoms with E-state index in [4.69, 9.17) is 0 Å². The van der Waals surface area contributed by atoms with Gasteiger partial charge in [-0.2, -0.15) is 0 Å². The molecule has 0 radical (unpaired) electrons. The number of benzene rings is 1. The van der Waals surface area contributed by atoms with Crippen molar-refractivity contribution in [3.8, 4) is 0 Å². The minimum absolute atomic E-state index is 0.237. The lowest BCUT2D eigenvalue weighted by atomic mass is 10.1. The van der Waals surface area contributed by atoms with Crippen LogP contribution in [0.4, 0.5) is 0 Å². The molecule has 18 heavy (non-hydrogen) atoms. The lowest BCUT2D eigenvalue weighted by molar-refractivity contribution is 0.0976. The first kappa shape index (κ1) is 15.4. The molecule has 0 aliphatic heterocycles. The molecular formula is C15H22BrNO. The van der Waals surface area contributed by atoms with Crippen molar-refractivity contribution in [3.63, 3.8) is 0 Å². The minimum Gasteiger partial charge on any atom is -0.306 e. The van der Waals surface area contributed by atoms with Crippen LogP contribution < -0.4 is 0 Å². The van der Waals surface area contributed by atoms with Gasteiger partial charge in [0, 0.05) is 23.0 Å². The predicted molar refractivity (Wildman–Crippen MR) is 80.0 cm³/mol. The quantitative estimate of drug-likeness (QED) is 0.709. The molecule has 1 rings (SSSR count). The van der Waals surface area contributed by atoms with Gasteiger partial charge in [-0.05, 0) is 38.1 Å². The van der Waals surface area contributed by atoms with Crippen LogP contribution in [0.15, 0.2) is 28.7 Å². The van der Waals surface area contributed by atoms with Crippen molar-refractivity contribution in [1.82, 2.24) is 4.90 Å². The van der Waals surface area contributed by atoms with E-state index in [2.05, 4.69) is 41.7 Å². The molecule has 0 unspecified atom stereocenters. The average molecular weight is 312 g/mol. The van der Waals surface area contributed by atoms with E-state index in [9.17, 15) is 4.79 Å². The number of halogens is 1. The van der Waals surface area contributed by atoms with Gasteiger partial charge < -0.3 is 4.90 Å². The summed E-state index contributed by atoms with van der Waals surface area (Å²) in [6.45, 7) is 6.50. The standard InChI is InChI=1S/C15H22BrNO/c1-12(2)11-17(3)10-4-5-15(18)13-6-8-14(16)9-7-13/h6-9,12H,4-5,10-11H2,1-3H3. The molecule has 0 bridgehead atoms. The van der Waals surface area contributed by atoms with Crippen molar-refractivity contribution in [2.24, 2.45) is 5.92 Å². The Labute approximate surface area is 119 Å². The van der Waals surface area contributed by atoms with Crippen LogP contribution in [0.2, 0.25) is 0 Å². The maximum absolute atomic E-state index is 11.9. The van der Waals surface area contributed by atoms with Gasteiger partial charge in [0.2, 0.25) is 0 Å². The monoisotopic (exact) mass is 311 g/mol. The molecule has 0 heterocycles. The van der Waals surface area contributed by atoms with Crippen molar-refractivity contribution in [1.29, 1.82) is 0 Å². The number of hydrogen-bond acceptors (Lipinski definition) is 2. The van der Waals surface area contributed by atoms with Crippen LogP contribution in [-0.2, 0) is 0 Å². The predicted octanol–water partition coefficient (Wildman–Crippen LogP) is 4.00. The SMILES string of the molecule is CC(C)CN(C)CCCC(=O)c1ccc(Br)cc1. The first-order valence-electron chi connectivity index (χ1n) is 6.46. The van der Waals surface area contributed by atoms with Crippen molar-refractivity contribution in [3.05, 3.63) is 34.3 Å². The second-order valence-electron chi connectivity index (χ2n) is 5.19. The molecule has 0 N–H and O–H groups in total. The Balaban J connectivity index is 2.31. The number of Topliss-reactive ketones (excluding diaryl/α,β-unsaturated/α-hetero) is 1. The maximum atomic E-state index is 11.9. The number of ketones is 1. The van der Waals surface area contributed by atoms with E-state index in [1.165, 1.54) is 0 Å². The summed E-state index contributed by atoms with van der Waals surface area (Å²) < 4.78 is 1.01. The van der Waals surface area contributed by atoms with Crippen LogP contribution in [-0.4, -0.2) is 30.8 Å². The molecule has 1 aromatic carbocycles. The maximum Gasteiger partial charge on any atom is 0.162 e. The zero-order valence-corrected chi connectivity index (χ0v) is 13.0. The van der Waals surface area contributed by atoms with Crippen LogP contribution in [0.5, 0.6) is 0 Å². The molecule has 0 spiro atoms. The van der Waals surface area contributed by atoms with Gasteiger partial charge in [-0.25, -0.2) is 0 Å². The minimum atomic E-state index is 0.237. The summed E-state index contributed by atoms with van der Waals surface area (Å²) in [6.07, 6.45) is 1.56. The fourth-order valence-electron chi connectivity index (χ4n) is 2.00. The van der Waals surface area contributed by atoms with Crippen LogP contribution in [0, 0.1) is 5.92 Å². The van der Waals surface area contributed by atoms with Crippen molar-refractivity contribution >= 4 is 21.7 Å². The molecule has 0 aliphatic rings. The van der Waals surface area contributed by atoms with Gasteiger partial charge in [0.1, 0.15) is 0 Å². The molecule has 3 heteroatoms. The van der Waals surface area contributed by atoms with Crippen LogP contribution in [0.1, 0.15) is 37.0 Å². The number of carbonyl (C=O) groups excluding carboxylic acids is 1. The molecule has 0 aliphatic carbocycles. The Bertz CT molecular complexity index is 373. The third-order valence-electron chi connectivity index (χ3n) is 2.79. The zero-order valence-electron chi connectivity index (χ0n) is 11.4. The smallest absolute Gasteiger partial charge is 0.162 e. The number of rotatable bonds is 7. The van der Waals surface area contributed by atoms with E-state index in [0.717, 1.165) is 29.5 Å². The van der Waals surface area contributed by atoms with Gasteiger partial charge in [0.05, 0.1) is 0 Å². The number of carbonyl (C=O) groups is 1. The molecule has 0 saturated carbocycles. The first-order valence-corrected chi connectivity index (χ1v) is 7.25. The fraction of sp³-hybridized carbons (Fsp3) is 0.533. The van der Waals surface area contributed by atoms with Crippen LogP contribution in [0.25, 0.3) is 0 Å². The zero-order chi connectivity index (χ0) is 13.5. The van der Waals surface area contributed by atoms with E-state index in [1.54, 1.807) is 0 Å². The third-order valence-corrected chi connectivity index (χ3v) is 3.32. The topological polar surface area (TPSA) is 20.3 Å². The lowest BCUT2D eigenvalue weighted by Crippen LogP contribution is -2.24.